The Morgan fingerprint density at radius 2 is 1.86 bits per heavy atom. The second-order valence-corrected chi connectivity index (χ2v) is 7.38. The van der Waals surface area contributed by atoms with Crippen molar-refractivity contribution in [3.63, 3.8) is 0 Å². The largest absolute Gasteiger partial charge is 0.478 e. The lowest BCUT2D eigenvalue weighted by Gasteiger charge is -2.02. The number of amides is 1. The van der Waals surface area contributed by atoms with E-state index in [0.29, 0.717) is 35.3 Å². The molecule has 0 fully saturated rings. The molecule has 0 unspecified atom stereocenters. The van der Waals surface area contributed by atoms with Gasteiger partial charge in [0.05, 0.1) is 35.5 Å². The molecule has 3 aromatic rings. The number of hydrogen-bond donors (Lipinski definition) is 4. The van der Waals surface area contributed by atoms with Crippen LogP contribution in [0, 0.1) is 0 Å². The Hall–Kier alpha value is -2.89. The summed E-state index contributed by atoms with van der Waals surface area (Å²) in [7, 11) is 1.65. The van der Waals surface area contributed by atoms with Gasteiger partial charge in [-0.15, -0.1) is 22.7 Å². The van der Waals surface area contributed by atoms with E-state index in [2.05, 4.69) is 10.4 Å². The number of nitrogen functional groups attached to an aromatic ring is 2. The summed E-state index contributed by atoms with van der Waals surface area (Å²) in [5, 5.41) is 19.7. The third kappa shape index (κ3) is 6.08. The highest BCUT2D eigenvalue weighted by Crippen LogP contribution is 2.19. The van der Waals surface area contributed by atoms with Crippen LogP contribution in [0.3, 0.4) is 0 Å². The van der Waals surface area contributed by atoms with Crippen molar-refractivity contribution in [2.45, 2.75) is 13.1 Å². The van der Waals surface area contributed by atoms with E-state index in [0.717, 1.165) is 5.56 Å². The summed E-state index contributed by atoms with van der Waals surface area (Å²) >= 11 is 2.58. The van der Waals surface area contributed by atoms with E-state index >= 15 is 0 Å². The van der Waals surface area contributed by atoms with E-state index in [9.17, 15) is 9.59 Å². The topological polar surface area (TPSA) is 145 Å². The van der Waals surface area contributed by atoms with E-state index in [1.807, 2.05) is 6.20 Å². The van der Waals surface area contributed by atoms with Gasteiger partial charge in [-0.05, 0) is 22.9 Å². The molecule has 11 heteroatoms. The van der Waals surface area contributed by atoms with Crippen LogP contribution in [0.15, 0.2) is 35.3 Å². The van der Waals surface area contributed by atoms with Crippen molar-refractivity contribution in [1.29, 1.82) is 0 Å². The van der Waals surface area contributed by atoms with Crippen molar-refractivity contribution < 1.29 is 19.4 Å². The predicted octanol–water partition coefficient (Wildman–Crippen LogP) is 2.13. The van der Waals surface area contributed by atoms with Gasteiger partial charge in [0.15, 0.2) is 0 Å². The molecule has 0 spiro atoms. The minimum atomic E-state index is -0.964. The molecular formula is C17H21N5O4S2. The zero-order valence-corrected chi connectivity index (χ0v) is 16.8. The fourth-order valence-corrected chi connectivity index (χ4v) is 3.36. The average molecular weight is 424 g/mol. The smallest absolute Gasteiger partial charge is 0.338 e. The molecule has 0 radical (unpaired) electrons. The highest BCUT2D eigenvalue weighted by atomic mass is 32.1. The van der Waals surface area contributed by atoms with Crippen molar-refractivity contribution in [2.75, 3.05) is 25.2 Å². The van der Waals surface area contributed by atoms with E-state index < -0.39 is 5.97 Å². The number of carboxylic acid groups (broad SMARTS) is 1. The standard InChI is InChI=1S/C12H16N4O2S.C5H5NO2S/c1-18-4-3-16-8-9(7-15-16)6-14-12(17)10-2-5-19-11(10)13;6-4-3(5(7)8)1-2-9-4/h2,5,7-8H,3-4,6,13H2,1H3,(H,14,17);1-2H,6H2,(H,7,8). The summed E-state index contributed by atoms with van der Waals surface area (Å²) in [6, 6.07) is 3.21. The first-order valence-corrected chi connectivity index (χ1v) is 9.86. The molecule has 3 heterocycles. The summed E-state index contributed by atoms with van der Waals surface area (Å²) in [4.78, 5) is 22.1. The van der Waals surface area contributed by atoms with Crippen LogP contribution < -0.4 is 16.8 Å². The van der Waals surface area contributed by atoms with E-state index in [1.165, 1.54) is 28.7 Å². The Labute approximate surface area is 169 Å². The maximum atomic E-state index is 11.8. The Morgan fingerprint density at radius 3 is 2.36 bits per heavy atom. The first kappa shape index (κ1) is 21.4. The lowest BCUT2D eigenvalue weighted by molar-refractivity contribution is 0.0698. The average Bonchev–Trinajstić information content (AvgIpc) is 3.39. The van der Waals surface area contributed by atoms with Gasteiger partial charge in [-0.25, -0.2) is 4.79 Å². The summed E-state index contributed by atoms with van der Waals surface area (Å²) in [6.45, 7) is 1.74. The number of ether oxygens (including phenoxy) is 1. The fraction of sp³-hybridized carbons (Fsp3) is 0.235. The Balaban J connectivity index is 0.000000261. The fourth-order valence-electron chi connectivity index (χ4n) is 2.09. The maximum Gasteiger partial charge on any atom is 0.338 e. The van der Waals surface area contributed by atoms with Gasteiger partial charge in [-0.1, -0.05) is 0 Å². The SMILES string of the molecule is COCCn1cc(CNC(=O)c2ccsc2N)cn1.Nc1sccc1C(=O)O. The molecule has 0 atom stereocenters. The number of nitrogens with one attached hydrogen (secondary N) is 1. The van der Waals surface area contributed by atoms with E-state index in [1.54, 1.807) is 34.8 Å². The van der Waals surface area contributed by atoms with Crippen LogP contribution in [0.1, 0.15) is 26.3 Å². The number of carbonyl (C=O) groups excluding carboxylic acids is 1. The Morgan fingerprint density at radius 1 is 1.21 bits per heavy atom. The monoisotopic (exact) mass is 423 g/mol. The lowest BCUT2D eigenvalue weighted by Crippen LogP contribution is -2.22. The number of carboxylic acids is 1. The highest BCUT2D eigenvalue weighted by Gasteiger charge is 2.10. The molecule has 0 aliphatic rings. The molecule has 3 aromatic heterocycles. The van der Waals surface area contributed by atoms with Crippen molar-refractivity contribution >= 4 is 44.6 Å². The molecule has 28 heavy (non-hydrogen) atoms. The minimum absolute atomic E-state index is 0.164. The van der Waals surface area contributed by atoms with Gasteiger partial charge in [-0.2, -0.15) is 5.10 Å². The molecule has 1 amide bonds. The predicted molar refractivity (Wildman–Crippen MR) is 110 cm³/mol. The number of hydrogen-bond acceptors (Lipinski definition) is 8. The number of carbonyl (C=O) groups is 2. The number of methoxy groups -OCH3 is 1. The van der Waals surface area contributed by atoms with Crippen molar-refractivity contribution in [3.8, 4) is 0 Å². The maximum absolute atomic E-state index is 11.8. The summed E-state index contributed by atoms with van der Waals surface area (Å²) in [5.74, 6) is -1.13. The first-order valence-electron chi connectivity index (χ1n) is 8.10. The molecule has 0 aliphatic carbocycles. The van der Waals surface area contributed by atoms with Crippen molar-refractivity contribution in [2.24, 2.45) is 0 Å². The molecule has 6 N–H and O–H groups in total. The zero-order chi connectivity index (χ0) is 20.5. The van der Waals surface area contributed by atoms with Crippen LogP contribution in [-0.4, -0.2) is 40.5 Å². The number of thiophene rings is 2. The normalized spacial score (nSPS) is 10.2. The highest BCUT2D eigenvalue weighted by molar-refractivity contribution is 7.14. The van der Waals surface area contributed by atoms with Gasteiger partial charge in [-0.3, -0.25) is 9.48 Å². The van der Waals surface area contributed by atoms with Gasteiger partial charge in [0.1, 0.15) is 5.00 Å². The van der Waals surface area contributed by atoms with Gasteiger partial charge in [0.25, 0.3) is 5.91 Å². The van der Waals surface area contributed by atoms with Crippen LogP contribution in [0.2, 0.25) is 0 Å². The van der Waals surface area contributed by atoms with Gasteiger partial charge in [0.2, 0.25) is 0 Å². The van der Waals surface area contributed by atoms with Crippen LogP contribution in [0.4, 0.5) is 10.0 Å². The molecule has 0 saturated carbocycles. The number of aromatic carboxylic acids is 1. The van der Waals surface area contributed by atoms with Crippen LogP contribution in [0.5, 0.6) is 0 Å². The van der Waals surface area contributed by atoms with E-state index in [-0.39, 0.29) is 11.5 Å². The van der Waals surface area contributed by atoms with Gasteiger partial charge in [0, 0.05) is 25.4 Å². The van der Waals surface area contributed by atoms with Crippen molar-refractivity contribution in [3.05, 3.63) is 52.0 Å². The van der Waals surface area contributed by atoms with Gasteiger partial charge < -0.3 is 26.6 Å². The van der Waals surface area contributed by atoms with Gasteiger partial charge >= 0.3 is 5.97 Å². The van der Waals surface area contributed by atoms with Crippen LogP contribution >= 0.6 is 22.7 Å². The molecule has 150 valence electrons. The molecule has 3 rings (SSSR count). The second kappa shape index (κ2) is 10.4. The third-order valence-corrected chi connectivity index (χ3v) is 5.02. The number of anilines is 2. The number of rotatable bonds is 7. The van der Waals surface area contributed by atoms with Crippen LogP contribution in [0.25, 0.3) is 0 Å². The molecule has 9 nitrogen and oxygen atoms in total. The quantitative estimate of drug-likeness (QED) is 0.455. The molecular weight excluding hydrogens is 402 g/mol. The number of nitrogens with zero attached hydrogens (tertiary/aromatic N) is 2. The molecule has 0 bridgehead atoms. The van der Waals surface area contributed by atoms with Crippen LogP contribution in [-0.2, 0) is 17.8 Å². The zero-order valence-electron chi connectivity index (χ0n) is 15.1. The first-order chi connectivity index (χ1) is 13.4. The summed E-state index contributed by atoms with van der Waals surface area (Å²) < 4.78 is 6.75. The Bertz CT molecular complexity index is 918. The summed E-state index contributed by atoms with van der Waals surface area (Å²) in [6.07, 6.45) is 3.61. The van der Waals surface area contributed by atoms with Crippen molar-refractivity contribution in [1.82, 2.24) is 15.1 Å². The minimum Gasteiger partial charge on any atom is -0.478 e. The molecule has 0 aromatic carbocycles. The molecule has 0 aliphatic heterocycles. The lowest BCUT2D eigenvalue weighted by atomic mass is 10.3. The second-order valence-electron chi connectivity index (χ2n) is 5.49. The third-order valence-electron chi connectivity index (χ3n) is 3.53. The van der Waals surface area contributed by atoms with E-state index in [4.69, 9.17) is 21.3 Å². The number of aromatic nitrogens is 2. The Kier molecular flexibility index (Phi) is 7.99. The molecule has 0 saturated heterocycles. The number of nitrogens with two attached hydrogens (primary N) is 2. The summed E-state index contributed by atoms with van der Waals surface area (Å²) in [5.41, 5.74) is 12.6.